The minimum atomic E-state index is 0.644. The summed E-state index contributed by atoms with van der Waals surface area (Å²) in [4.78, 5) is 4.38. The predicted octanol–water partition coefficient (Wildman–Crippen LogP) is 4.15. The maximum atomic E-state index is 9.28. The van der Waals surface area contributed by atoms with E-state index in [0.717, 1.165) is 21.8 Å². The molecule has 0 atom stereocenters. The first kappa shape index (κ1) is 13.4. The Kier molecular flexibility index (Phi) is 4.38. The Morgan fingerprint density at radius 1 is 1.21 bits per heavy atom. The van der Waals surface area contributed by atoms with Crippen molar-refractivity contribution in [3.05, 3.63) is 58.8 Å². The molecule has 2 nitrogen and oxygen atoms in total. The van der Waals surface area contributed by atoms with Gasteiger partial charge in [0.1, 0.15) is 11.1 Å². The van der Waals surface area contributed by atoms with Gasteiger partial charge in [0.2, 0.25) is 0 Å². The number of aromatic nitrogens is 1. The van der Waals surface area contributed by atoms with Crippen molar-refractivity contribution < 1.29 is 0 Å². The molecule has 0 fully saturated rings. The number of nitriles is 1. The minimum Gasteiger partial charge on any atom is -0.245 e. The van der Waals surface area contributed by atoms with Gasteiger partial charge in [0, 0.05) is 5.69 Å². The molecule has 0 saturated heterocycles. The van der Waals surface area contributed by atoms with Crippen LogP contribution in [-0.4, -0.2) is 11.2 Å². The Balaban J connectivity index is 2.43. The monoisotopic (exact) mass is 266 g/mol. The summed E-state index contributed by atoms with van der Waals surface area (Å²) in [6, 6.07) is 14.2. The summed E-state index contributed by atoms with van der Waals surface area (Å²) < 4.78 is 0. The number of benzene rings is 1. The third-order valence-electron chi connectivity index (χ3n) is 2.70. The summed E-state index contributed by atoms with van der Waals surface area (Å²) in [5, 5.41) is 10.1. The molecule has 94 valence electrons. The van der Waals surface area contributed by atoms with Crippen molar-refractivity contribution in [2.45, 2.75) is 11.9 Å². The summed E-state index contributed by atoms with van der Waals surface area (Å²) in [5.74, 6) is 0. The Morgan fingerprint density at radius 2 is 1.95 bits per heavy atom. The summed E-state index contributed by atoms with van der Waals surface area (Å²) in [7, 11) is 0. The standard InChI is InChI=1S/C16H14N2S/c1-12-10-14(15(11-17)16(18-12)19-2)9-8-13-6-4-3-5-7-13/h3-10H,1-2H3. The molecule has 19 heavy (non-hydrogen) atoms. The quantitative estimate of drug-likeness (QED) is 0.783. The normalized spacial score (nSPS) is 10.6. The van der Waals surface area contributed by atoms with Gasteiger partial charge in [-0.25, -0.2) is 4.98 Å². The average molecular weight is 266 g/mol. The fraction of sp³-hybridized carbons (Fsp3) is 0.125. The number of rotatable bonds is 3. The van der Waals surface area contributed by atoms with Crippen LogP contribution in [0.15, 0.2) is 41.4 Å². The third kappa shape index (κ3) is 3.24. The van der Waals surface area contributed by atoms with Gasteiger partial charge in [-0.15, -0.1) is 11.8 Å². The number of pyridine rings is 1. The molecule has 0 saturated carbocycles. The van der Waals surface area contributed by atoms with E-state index < -0.39 is 0 Å². The van der Waals surface area contributed by atoms with Crippen LogP contribution in [0.25, 0.3) is 12.2 Å². The summed E-state index contributed by atoms with van der Waals surface area (Å²) in [6.07, 6.45) is 5.93. The first-order valence-electron chi connectivity index (χ1n) is 5.93. The van der Waals surface area contributed by atoms with Crippen LogP contribution in [0.5, 0.6) is 0 Å². The number of hydrogen-bond donors (Lipinski definition) is 0. The maximum absolute atomic E-state index is 9.28. The van der Waals surface area contributed by atoms with Crippen molar-refractivity contribution in [3.63, 3.8) is 0 Å². The van der Waals surface area contributed by atoms with Gasteiger partial charge < -0.3 is 0 Å². The first-order valence-corrected chi connectivity index (χ1v) is 7.16. The van der Waals surface area contributed by atoms with Crippen molar-refractivity contribution in [3.8, 4) is 6.07 Å². The zero-order valence-corrected chi connectivity index (χ0v) is 11.7. The van der Waals surface area contributed by atoms with Gasteiger partial charge in [0.15, 0.2) is 0 Å². The number of aryl methyl sites for hydroxylation is 1. The van der Waals surface area contributed by atoms with Gasteiger partial charge in [-0.3, -0.25) is 0 Å². The Labute approximate surface area is 117 Å². The first-order chi connectivity index (χ1) is 9.24. The lowest BCUT2D eigenvalue weighted by Crippen LogP contribution is -1.93. The SMILES string of the molecule is CSc1nc(C)cc(C=Cc2ccccc2)c1C#N. The van der Waals surface area contributed by atoms with Crippen LogP contribution in [0.2, 0.25) is 0 Å². The summed E-state index contributed by atoms with van der Waals surface area (Å²) in [5.41, 5.74) is 3.61. The van der Waals surface area contributed by atoms with Gasteiger partial charge in [0.05, 0.1) is 5.56 Å². The van der Waals surface area contributed by atoms with Gasteiger partial charge in [0.25, 0.3) is 0 Å². The van der Waals surface area contributed by atoms with Gasteiger partial charge in [-0.05, 0) is 30.4 Å². The molecule has 0 spiro atoms. The molecule has 0 N–H and O–H groups in total. The summed E-state index contributed by atoms with van der Waals surface area (Å²) in [6.45, 7) is 1.95. The van der Waals surface area contributed by atoms with Crippen LogP contribution in [0.3, 0.4) is 0 Å². The Bertz CT molecular complexity index is 640. The molecule has 1 aromatic heterocycles. The lowest BCUT2D eigenvalue weighted by atomic mass is 10.1. The van der Waals surface area contributed by atoms with E-state index in [0.29, 0.717) is 5.56 Å². The smallest absolute Gasteiger partial charge is 0.114 e. The number of thioether (sulfide) groups is 1. The third-order valence-corrected chi connectivity index (χ3v) is 3.39. The van der Waals surface area contributed by atoms with Crippen molar-refractivity contribution in [2.75, 3.05) is 6.26 Å². The predicted molar refractivity (Wildman–Crippen MR) is 80.8 cm³/mol. The van der Waals surface area contributed by atoms with Crippen LogP contribution >= 0.6 is 11.8 Å². The molecule has 0 aliphatic heterocycles. The van der Waals surface area contributed by atoms with Crippen molar-refractivity contribution >= 4 is 23.9 Å². The minimum absolute atomic E-state index is 0.644. The second-order valence-electron chi connectivity index (χ2n) is 4.09. The average Bonchev–Trinajstić information content (AvgIpc) is 2.45. The highest BCUT2D eigenvalue weighted by Crippen LogP contribution is 2.23. The molecule has 1 heterocycles. The molecule has 0 aliphatic carbocycles. The van der Waals surface area contributed by atoms with E-state index in [2.05, 4.69) is 11.1 Å². The van der Waals surface area contributed by atoms with Crippen LogP contribution in [-0.2, 0) is 0 Å². The molecule has 0 bridgehead atoms. The number of nitrogens with zero attached hydrogens (tertiary/aromatic N) is 2. The highest BCUT2D eigenvalue weighted by molar-refractivity contribution is 7.98. The van der Waals surface area contributed by atoms with Crippen LogP contribution in [0, 0.1) is 18.3 Å². The molecule has 0 aliphatic rings. The van der Waals surface area contributed by atoms with E-state index in [4.69, 9.17) is 0 Å². The van der Waals surface area contributed by atoms with Crippen LogP contribution in [0.1, 0.15) is 22.4 Å². The number of hydrogen-bond acceptors (Lipinski definition) is 3. The van der Waals surface area contributed by atoms with E-state index in [1.807, 2.05) is 61.7 Å². The van der Waals surface area contributed by atoms with E-state index >= 15 is 0 Å². The second-order valence-corrected chi connectivity index (χ2v) is 4.89. The van der Waals surface area contributed by atoms with Gasteiger partial charge >= 0.3 is 0 Å². The highest BCUT2D eigenvalue weighted by atomic mass is 32.2. The van der Waals surface area contributed by atoms with E-state index in [1.54, 1.807) is 0 Å². The van der Waals surface area contributed by atoms with Gasteiger partial charge in [-0.1, -0.05) is 42.5 Å². The molecule has 2 rings (SSSR count). The fourth-order valence-electron chi connectivity index (χ4n) is 1.81. The lowest BCUT2D eigenvalue weighted by Gasteiger charge is -2.05. The molecular weight excluding hydrogens is 252 g/mol. The van der Waals surface area contributed by atoms with Gasteiger partial charge in [-0.2, -0.15) is 5.26 Å². The van der Waals surface area contributed by atoms with Crippen molar-refractivity contribution in [1.82, 2.24) is 4.98 Å². The zero-order chi connectivity index (χ0) is 13.7. The lowest BCUT2D eigenvalue weighted by molar-refractivity contribution is 1.05. The summed E-state index contributed by atoms with van der Waals surface area (Å²) >= 11 is 1.50. The van der Waals surface area contributed by atoms with E-state index in [9.17, 15) is 5.26 Å². The molecule has 1 aromatic carbocycles. The molecular formula is C16H14N2S. The van der Waals surface area contributed by atoms with E-state index in [1.165, 1.54) is 11.8 Å². The molecule has 0 unspecified atom stereocenters. The van der Waals surface area contributed by atoms with Crippen molar-refractivity contribution in [2.24, 2.45) is 0 Å². The molecule has 0 amide bonds. The van der Waals surface area contributed by atoms with E-state index in [-0.39, 0.29) is 0 Å². The van der Waals surface area contributed by atoms with Crippen LogP contribution < -0.4 is 0 Å². The second kappa shape index (κ2) is 6.21. The Morgan fingerprint density at radius 3 is 2.58 bits per heavy atom. The molecule has 0 radical (unpaired) electrons. The highest BCUT2D eigenvalue weighted by Gasteiger charge is 2.08. The fourth-order valence-corrected chi connectivity index (χ4v) is 2.41. The molecule has 2 aromatic rings. The van der Waals surface area contributed by atoms with Crippen LogP contribution in [0.4, 0.5) is 0 Å². The maximum Gasteiger partial charge on any atom is 0.114 e. The van der Waals surface area contributed by atoms with Crippen molar-refractivity contribution in [1.29, 1.82) is 5.26 Å². The molecule has 3 heteroatoms. The zero-order valence-electron chi connectivity index (χ0n) is 10.9. The largest absolute Gasteiger partial charge is 0.245 e. The topological polar surface area (TPSA) is 36.7 Å². The Hall–Kier alpha value is -2.05.